The van der Waals surface area contributed by atoms with Crippen LogP contribution < -0.4 is 0 Å². The molecule has 4 rings (SSSR count). The van der Waals surface area contributed by atoms with Gasteiger partial charge in [0, 0.05) is 56.7 Å². The van der Waals surface area contributed by atoms with Crippen LogP contribution in [0.25, 0.3) is 0 Å². The maximum absolute atomic E-state index is 13.3. The number of benzene rings is 2. The van der Waals surface area contributed by atoms with Crippen LogP contribution in [0.1, 0.15) is 60.2 Å². The zero-order valence-electron chi connectivity index (χ0n) is 23.2. The molecule has 1 fully saturated rings. The Morgan fingerprint density at radius 2 is 1.61 bits per heavy atom. The van der Waals surface area contributed by atoms with Crippen molar-refractivity contribution in [2.45, 2.75) is 45.8 Å². The van der Waals surface area contributed by atoms with Gasteiger partial charge in [0.15, 0.2) is 0 Å². The van der Waals surface area contributed by atoms with Gasteiger partial charge in [-0.1, -0.05) is 24.3 Å². The van der Waals surface area contributed by atoms with Crippen LogP contribution in [0.15, 0.2) is 59.8 Å². The minimum Gasteiger partial charge on any atom is -0.463 e. The minimum absolute atomic E-state index is 0.0310. The third-order valence-electron chi connectivity index (χ3n) is 7.49. The Labute approximate surface area is 236 Å². The zero-order valence-corrected chi connectivity index (χ0v) is 23.2. The SMILES string of the molecule is CCOC(=O)C1=C(C)N(Cc2cccc(C(=O)N3CCN(C(C)=O)CC3)c2)C(=O)CC1c1ccc(C(F)(F)F)cc1. The third kappa shape index (κ3) is 6.61. The van der Waals surface area contributed by atoms with Crippen molar-refractivity contribution in [3.05, 3.63) is 82.1 Å². The molecule has 2 aromatic carbocycles. The van der Waals surface area contributed by atoms with E-state index >= 15 is 0 Å². The van der Waals surface area contributed by atoms with Crippen molar-refractivity contribution in [1.82, 2.24) is 14.7 Å². The van der Waals surface area contributed by atoms with E-state index in [2.05, 4.69) is 0 Å². The van der Waals surface area contributed by atoms with Gasteiger partial charge in [-0.15, -0.1) is 0 Å². The standard InChI is InChI=1S/C30H32F3N3O5/c1-4-41-29(40)27-19(2)36(26(38)17-25(27)22-8-10-24(11-9-22)30(31,32)33)18-21-6-5-7-23(16-21)28(39)35-14-12-34(13-15-35)20(3)37/h5-11,16,25H,4,12-15,17-18H2,1-3H3. The number of halogens is 3. The molecule has 0 aromatic heterocycles. The summed E-state index contributed by atoms with van der Waals surface area (Å²) in [6.45, 7) is 6.71. The zero-order chi connectivity index (χ0) is 29.9. The second-order valence-electron chi connectivity index (χ2n) is 10.1. The molecular formula is C30H32F3N3O5. The van der Waals surface area contributed by atoms with Gasteiger partial charge in [-0.05, 0) is 49.2 Å². The predicted octanol–water partition coefficient (Wildman–Crippen LogP) is 4.36. The number of hydrogen-bond acceptors (Lipinski definition) is 5. The van der Waals surface area contributed by atoms with E-state index in [0.717, 1.165) is 12.1 Å². The van der Waals surface area contributed by atoms with E-state index in [1.54, 1.807) is 47.9 Å². The summed E-state index contributed by atoms with van der Waals surface area (Å²) in [7, 11) is 0. The van der Waals surface area contributed by atoms with Gasteiger partial charge in [-0.3, -0.25) is 14.4 Å². The Bertz CT molecular complexity index is 1360. The maximum Gasteiger partial charge on any atom is 0.416 e. The fourth-order valence-electron chi connectivity index (χ4n) is 5.26. The molecule has 2 aliphatic rings. The molecule has 8 nitrogen and oxygen atoms in total. The number of esters is 1. The fourth-order valence-corrected chi connectivity index (χ4v) is 5.26. The van der Waals surface area contributed by atoms with E-state index in [0.29, 0.717) is 48.6 Å². The first-order chi connectivity index (χ1) is 19.4. The Balaban J connectivity index is 1.59. The molecule has 0 aliphatic carbocycles. The van der Waals surface area contributed by atoms with Gasteiger partial charge >= 0.3 is 12.1 Å². The highest BCUT2D eigenvalue weighted by molar-refractivity contribution is 5.96. The lowest BCUT2D eigenvalue weighted by atomic mass is 9.83. The van der Waals surface area contributed by atoms with Crippen LogP contribution in [-0.4, -0.2) is 71.2 Å². The summed E-state index contributed by atoms with van der Waals surface area (Å²) in [5.74, 6) is -1.92. The van der Waals surface area contributed by atoms with Crippen LogP contribution >= 0.6 is 0 Å². The van der Waals surface area contributed by atoms with Gasteiger partial charge < -0.3 is 19.4 Å². The van der Waals surface area contributed by atoms with Gasteiger partial charge in [0.1, 0.15) is 0 Å². The Hall–Kier alpha value is -4.15. The van der Waals surface area contributed by atoms with Crippen molar-refractivity contribution >= 4 is 23.7 Å². The molecule has 0 saturated carbocycles. The molecule has 1 atom stereocenters. The summed E-state index contributed by atoms with van der Waals surface area (Å²) < 4.78 is 44.6. The predicted molar refractivity (Wildman–Crippen MR) is 143 cm³/mol. The number of amides is 3. The van der Waals surface area contributed by atoms with E-state index in [1.807, 2.05) is 0 Å². The van der Waals surface area contributed by atoms with E-state index in [1.165, 1.54) is 24.0 Å². The average molecular weight is 572 g/mol. The second-order valence-corrected chi connectivity index (χ2v) is 10.1. The first-order valence-electron chi connectivity index (χ1n) is 13.4. The summed E-state index contributed by atoms with van der Waals surface area (Å²) >= 11 is 0. The van der Waals surface area contributed by atoms with Crippen LogP contribution in [0.5, 0.6) is 0 Å². The van der Waals surface area contributed by atoms with Crippen LogP contribution in [0.3, 0.4) is 0 Å². The first-order valence-corrected chi connectivity index (χ1v) is 13.4. The summed E-state index contributed by atoms with van der Waals surface area (Å²) in [6.07, 6.45) is -4.64. The monoisotopic (exact) mass is 571 g/mol. The number of piperazine rings is 1. The topological polar surface area (TPSA) is 87.2 Å². The highest BCUT2D eigenvalue weighted by Crippen LogP contribution is 2.39. The Kier molecular flexibility index (Phi) is 8.84. The van der Waals surface area contributed by atoms with Gasteiger partial charge in [0.05, 0.1) is 24.3 Å². The number of alkyl halides is 3. The van der Waals surface area contributed by atoms with E-state index < -0.39 is 23.6 Å². The average Bonchev–Trinajstić information content (AvgIpc) is 2.94. The number of carbonyl (C=O) groups excluding carboxylic acids is 4. The lowest BCUT2D eigenvalue weighted by Crippen LogP contribution is -2.50. The first kappa shape index (κ1) is 29.8. The van der Waals surface area contributed by atoms with Crippen molar-refractivity contribution in [3.8, 4) is 0 Å². The van der Waals surface area contributed by atoms with Gasteiger partial charge in [0.25, 0.3) is 5.91 Å². The van der Waals surface area contributed by atoms with Crippen molar-refractivity contribution in [1.29, 1.82) is 0 Å². The minimum atomic E-state index is -4.51. The molecule has 1 unspecified atom stereocenters. The molecule has 0 N–H and O–H groups in total. The lowest BCUT2D eigenvalue weighted by molar-refractivity contribution is -0.140. The van der Waals surface area contributed by atoms with E-state index in [4.69, 9.17) is 4.74 Å². The highest BCUT2D eigenvalue weighted by Gasteiger charge is 2.38. The smallest absolute Gasteiger partial charge is 0.416 e. The molecule has 2 heterocycles. The molecule has 41 heavy (non-hydrogen) atoms. The lowest BCUT2D eigenvalue weighted by Gasteiger charge is -2.35. The molecular weight excluding hydrogens is 539 g/mol. The van der Waals surface area contributed by atoms with Crippen molar-refractivity contribution in [3.63, 3.8) is 0 Å². The van der Waals surface area contributed by atoms with Gasteiger partial charge in [-0.25, -0.2) is 4.79 Å². The van der Waals surface area contributed by atoms with E-state index in [-0.39, 0.29) is 42.9 Å². The molecule has 11 heteroatoms. The molecule has 0 radical (unpaired) electrons. The van der Waals surface area contributed by atoms with Gasteiger partial charge in [0.2, 0.25) is 11.8 Å². The fraction of sp³-hybridized carbons (Fsp3) is 0.400. The largest absolute Gasteiger partial charge is 0.463 e. The number of ether oxygens (including phenoxy) is 1. The molecule has 2 aromatic rings. The van der Waals surface area contributed by atoms with E-state index in [9.17, 15) is 32.3 Å². The van der Waals surface area contributed by atoms with Crippen LogP contribution in [0, 0.1) is 0 Å². The van der Waals surface area contributed by atoms with Crippen molar-refractivity contribution in [2.24, 2.45) is 0 Å². The third-order valence-corrected chi connectivity index (χ3v) is 7.49. The number of nitrogens with zero attached hydrogens (tertiary/aromatic N) is 3. The number of hydrogen-bond donors (Lipinski definition) is 0. The Morgan fingerprint density at radius 1 is 0.976 bits per heavy atom. The number of carbonyl (C=O) groups is 4. The summed E-state index contributed by atoms with van der Waals surface area (Å²) in [5.41, 5.74) is 1.26. The number of rotatable bonds is 6. The molecule has 3 amide bonds. The highest BCUT2D eigenvalue weighted by atomic mass is 19.4. The van der Waals surface area contributed by atoms with Crippen LogP contribution in [0.4, 0.5) is 13.2 Å². The summed E-state index contributed by atoms with van der Waals surface area (Å²) in [4.78, 5) is 56.0. The summed E-state index contributed by atoms with van der Waals surface area (Å²) in [6, 6.07) is 11.3. The second kappa shape index (κ2) is 12.2. The molecule has 0 spiro atoms. The molecule has 218 valence electrons. The quantitative estimate of drug-likeness (QED) is 0.481. The molecule has 1 saturated heterocycles. The molecule has 0 bridgehead atoms. The Morgan fingerprint density at radius 3 is 2.20 bits per heavy atom. The maximum atomic E-state index is 13.3. The number of allylic oxidation sites excluding steroid dienone is 1. The van der Waals surface area contributed by atoms with Crippen LogP contribution in [0.2, 0.25) is 0 Å². The molecule has 2 aliphatic heterocycles. The normalized spacial score (nSPS) is 18.0. The summed E-state index contributed by atoms with van der Waals surface area (Å²) in [5, 5.41) is 0. The van der Waals surface area contributed by atoms with Crippen LogP contribution in [-0.2, 0) is 31.8 Å². The van der Waals surface area contributed by atoms with Crippen molar-refractivity contribution < 1.29 is 37.1 Å². The van der Waals surface area contributed by atoms with Gasteiger partial charge in [-0.2, -0.15) is 13.2 Å². The van der Waals surface area contributed by atoms with Crippen molar-refractivity contribution in [2.75, 3.05) is 32.8 Å².